The topological polar surface area (TPSA) is 80.9 Å². The van der Waals surface area contributed by atoms with Crippen LogP contribution in [0.4, 0.5) is 5.69 Å². The Kier molecular flexibility index (Phi) is 5.79. The molecule has 162 valence electrons. The minimum atomic E-state index is -0.239. The van der Waals surface area contributed by atoms with Gasteiger partial charge in [0.05, 0.1) is 14.2 Å². The summed E-state index contributed by atoms with van der Waals surface area (Å²) in [7, 11) is 7.08. The Morgan fingerprint density at radius 1 is 1.13 bits per heavy atom. The lowest BCUT2D eigenvalue weighted by Gasteiger charge is -2.22. The Bertz CT molecular complexity index is 1080. The highest BCUT2D eigenvalue weighted by molar-refractivity contribution is 5.95. The van der Waals surface area contributed by atoms with Gasteiger partial charge in [0.2, 0.25) is 11.7 Å². The lowest BCUT2D eigenvalue weighted by molar-refractivity contribution is 0.0710. The number of rotatable bonds is 6. The molecule has 1 aliphatic heterocycles. The molecule has 0 spiro atoms. The number of carbonyl (C=O) groups excluding carboxylic acids is 1. The first-order valence-corrected chi connectivity index (χ1v) is 10.2. The quantitative estimate of drug-likeness (QED) is 0.598. The molecule has 1 saturated heterocycles. The van der Waals surface area contributed by atoms with Gasteiger partial charge in [-0.3, -0.25) is 4.79 Å². The first-order valence-electron chi connectivity index (χ1n) is 10.2. The maximum Gasteiger partial charge on any atom is 0.254 e. The number of nitrogens with zero attached hydrogens (tertiary/aromatic N) is 4. The van der Waals surface area contributed by atoms with E-state index in [1.165, 1.54) is 0 Å². The van der Waals surface area contributed by atoms with E-state index < -0.39 is 0 Å². The van der Waals surface area contributed by atoms with Crippen molar-refractivity contribution in [2.24, 2.45) is 0 Å². The number of anilines is 1. The first-order chi connectivity index (χ1) is 15.0. The predicted octanol–water partition coefficient (Wildman–Crippen LogP) is 3.80. The average molecular weight is 422 g/mol. The molecule has 0 unspecified atom stereocenters. The highest BCUT2D eigenvalue weighted by Gasteiger charge is 2.34. The van der Waals surface area contributed by atoms with Crippen LogP contribution in [0.1, 0.15) is 35.1 Å². The minimum Gasteiger partial charge on any atom is -0.493 e. The normalized spacial score (nSPS) is 15.7. The molecule has 31 heavy (non-hydrogen) atoms. The highest BCUT2D eigenvalue weighted by atomic mass is 16.5. The minimum absolute atomic E-state index is 0.0305. The number of aromatic nitrogens is 2. The molecule has 0 radical (unpaired) electrons. The van der Waals surface area contributed by atoms with Crippen LogP contribution in [-0.4, -0.2) is 55.8 Å². The second-order valence-electron chi connectivity index (χ2n) is 7.63. The van der Waals surface area contributed by atoms with Crippen LogP contribution in [0.3, 0.4) is 0 Å². The third kappa shape index (κ3) is 4.05. The molecule has 4 rings (SSSR count). The molecule has 1 aromatic heterocycles. The van der Waals surface area contributed by atoms with Crippen LogP contribution in [0.25, 0.3) is 11.4 Å². The zero-order chi connectivity index (χ0) is 22.0. The average Bonchev–Trinajstić information content (AvgIpc) is 3.47. The summed E-state index contributed by atoms with van der Waals surface area (Å²) in [5, 5.41) is 4.14. The molecule has 2 aromatic carbocycles. The van der Waals surface area contributed by atoms with Crippen LogP contribution in [0.15, 0.2) is 47.0 Å². The summed E-state index contributed by atoms with van der Waals surface area (Å²) in [6, 6.07) is 12.8. The third-order valence-electron chi connectivity index (χ3n) is 5.49. The van der Waals surface area contributed by atoms with Crippen molar-refractivity contribution in [1.29, 1.82) is 0 Å². The summed E-state index contributed by atoms with van der Waals surface area (Å²) in [4.78, 5) is 21.6. The standard InChI is InChI=1S/C23H26N4O4/c1-26(2)17-8-5-7-16(13-17)23(28)27-12-6-9-18(27)22-24-21(25-31-22)15-10-11-19(29-3)20(14-15)30-4/h5,7-8,10-11,13-14,18H,6,9,12H2,1-4H3/t18-/m1/s1. The summed E-state index contributed by atoms with van der Waals surface area (Å²) in [5.41, 5.74) is 2.38. The highest BCUT2D eigenvalue weighted by Crippen LogP contribution is 2.35. The molecule has 1 amide bonds. The van der Waals surface area contributed by atoms with Gasteiger partial charge < -0.3 is 23.8 Å². The monoisotopic (exact) mass is 422 g/mol. The maximum absolute atomic E-state index is 13.2. The van der Waals surface area contributed by atoms with E-state index in [9.17, 15) is 4.79 Å². The van der Waals surface area contributed by atoms with E-state index in [0.717, 1.165) is 24.1 Å². The predicted molar refractivity (Wildman–Crippen MR) is 117 cm³/mol. The van der Waals surface area contributed by atoms with Crippen LogP contribution < -0.4 is 14.4 Å². The van der Waals surface area contributed by atoms with Crippen LogP contribution >= 0.6 is 0 Å². The van der Waals surface area contributed by atoms with Crippen molar-refractivity contribution < 1.29 is 18.8 Å². The smallest absolute Gasteiger partial charge is 0.254 e. The Hall–Kier alpha value is -3.55. The lowest BCUT2D eigenvalue weighted by atomic mass is 10.1. The van der Waals surface area contributed by atoms with E-state index in [1.807, 2.05) is 54.2 Å². The van der Waals surface area contributed by atoms with Crippen molar-refractivity contribution in [3.63, 3.8) is 0 Å². The summed E-state index contributed by atoms with van der Waals surface area (Å²) < 4.78 is 16.2. The fraction of sp³-hybridized carbons (Fsp3) is 0.348. The van der Waals surface area contributed by atoms with E-state index in [2.05, 4.69) is 10.1 Å². The Labute approximate surface area is 181 Å². The number of ether oxygens (including phenoxy) is 2. The van der Waals surface area contributed by atoms with Gasteiger partial charge >= 0.3 is 0 Å². The molecule has 8 nitrogen and oxygen atoms in total. The molecule has 1 fully saturated rings. The van der Waals surface area contributed by atoms with Crippen molar-refractivity contribution in [2.45, 2.75) is 18.9 Å². The van der Waals surface area contributed by atoms with Crippen molar-refractivity contribution >= 4 is 11.6 Å². The maximum atomic E-state index is 13.2. The molecule has 8 heteroatoms. The van der Waals surface area contributed by atoms with Gasteiger partial charge in [-0.25, -0.2) is 0 Å². The molecular formula is C23H26N4O4. The number of benzene rings is 2. The second kappa shape index (κ2) is 8.67. The number of amides is 1. The lowest BCUT2D eigenvalue weighted by Crippen LogP contribution is -2.30. The number of carbonyl (C=O) groups is 1. The van der Waals surface area contributed by atoms with Gasteiger partial charge in [-0.2, -0.15) is 4.98 Å². The summed E-state index contributed by atoms with van der Waals surface area (Å²) in [5.74, 6) is 2.08. The van der Waals surface area contributed by atoms with E-state index in [4.69, 9.17) is 14.0 Å². The van der Waals surface area contributed by atoms with E-state index >= 15 is 0 Å². The molecule has 2 heterocycles. The second-order valence-corrected chi connectivity index (χ2v) is 7.63. The van der Waals surface area contributed by atoms with Crippen molar-refractivity contribution in [1.82, 2.24) is 15.0 Å². The van der Waals surface area contributed by atoms with Crippen molar-refractivity contribution in [2.75, 3.05) is 39.8 Å². The van der Waals surface area contributed by atoms with Gasteiger partial charge in [0.15, 0.2) is 11.5 Å². The SMILES string of the molecule is COc1ccc(-c2noc([C@H]3CCCN3C(=O)c3cccc(N(C)C)c3)n2)cc1OC. The summed E-state index contributed by atoms with van der Waals surface area (Å²) in [6.07, 6.45) is 1.67. The molecule has 0 bridgehead atoms. The molecule has 1 atom stereocenters. The zero-order valence-corrected chi connectivity index (χ0v) is 18.2. The van der Waals surface area contributed by atoms with Crippen LogP contribution in [-0.2, 0) is 0 Å². The van der Waals surface area contributed by atoms with E-state index in [0.29, 0.717) is 35.3 Å². The fourth-order valence-corrected chi connectivity index (χ4v) is 3.81. The van der Waals surface area contributed by atoms with Gasteiger partial charge in [0.25, 0.3) is 5.91 Å². The number of likely N-dealkylation sites (tertiary alicyclic amines) is 1. The van der Waals surface area contributed by atoms with E-state index in [-0.39, 0.29) is 11.9 Å². The molecule has 0 N–H and O–H groups in total. The van der Waals surface area contributed by atoms with Crippen LogP contribution in [0.2, 0.25) is 0 Å². The van der Waals surface area contributed by atoms with Crippen molar-refractivity contribution in [3.8, 4) is 22.9 Å². The van der Waals surface area contributed by atoms with Gasteiger partial charge in [0, 0.05) is 37.5 Å². The molecule has 0 saturated carbocycles. The van der Waals surface area contributed by atoms with Gasteiger partial charge in [-0.05, 0) is 49.2 Å². The summed E-state index contributed by atoms with van der Waals surface area (Å²) >= 11 is 0. The Balaban J connectivity index is 1.58. The fourth-order valence-electron chi connectivity index (χ4n) is 3.81. The number of hydrogen-bond acceptors (Lipinski definition) is 7. The Morgan fingerprint density at radius 2 is 1.94 bits per heavy atom. The van der Waals surface area contributed by atoms with Gasteiger partial charge in [0.1, 0.15) is 6.04 Å². The summed E-state index contributed by atoms with van der Waals surface area (Å²) in [6.45, 7) is 0.657. The molecule has 0 aliphatic carbocycles. The van der Waals surface area contributed by atoms with Crippen LogP contribution in [0, 0.1) is 0 Å². The third-order valence-corrected chi connectivity index (χ3v) is 5.49. The van der Waals surface area contributed by atoms with Gasteiger partial charge in [-0.15, -0.1) is 0 Å². The van der Waals surface area contributed by atoms with E-state index in [1.54, 1.807) is 26.4 Å². The molecular weight excluding hydrogens is 396 g/mol. The van der Waals surface area contributed by atoms with Gasteiger partial charge in [-0.1, -0.05) is 11.2 Å². The largest absolute Gasteiger partial charge is 0.493 e. The van der Waals surface area contributed by atoms with Crippen LogP contribution in [0.5, 0.6) is 11.5 Å². The number of methoxy groups -OCH3 is 2. The molecule has 3 aromatic rings. The molecule has 1 aliphatic rings. The number of hydrogen-bond donors (Lipinski definition) is 0. The zero-order valence-electron chi connectivity index (χ0n) is 18.2. The first kappa shape index (κ1) is 20.7. The Morgan fingerprint density at radius 3 is 2.68 bits per heavy atom. The van der Waals surface area contributed by atoms with Crippen molar-refractivity contribution in [3.05, 3.63) is 53.9 Å².